The molecule has 0 spiro atoms. The molecule has 0 aromatic carbocycles. The van der Waals surface area contributed by atoms with E-state index in [9.17, 15) is 45.6 Å². The molecule has 0 bridgehead atoms. The molecule has 14 nitrogen and oxygen atoms in total. The van der Waals surface area contributed by atoms with E-state index < -0.39 is 86.8 Å². The molecule has 2 fully saturated rings. The van der Waals surface area contributed by atoms with Crippen molar-refractivity contribution in [1.82, 2.24) is 5.32 Å². The number of aliphatic hydroxyl groups excluding tert-OH is 8. The SMILES string of the molecule is CCCCCCCCCCCCCCCCCCC(=O)NC(COC1OC(CO)C(OC2OC(CO)C(O)C(O)C2O)C(O)C1O)C(O)CCCCCCCCCCCCCC. The van der Waals surface area contributed by atoms with Crippen molar-refractivity contribution >= 4 is 5.91 Å². The topological polar surface area (TPSA) is 228 Å². The van der Waals surface area contributed by atoms with E-state index in [4.69, 9.17) is 18.9 Å². The van der Waals surface area contributed by atoms with Gasteiger partial charge < -0.3 is 65.1 Å². The van der Waals surface area contributed by atoms with Crippen molar-refractivity contribution in [3.05, 3.63) is 0 Å². The van der Waals surface area contributed by atoms with Crippen LogP contribution < -0.4 is 5.32 Å². The first-order valence-corrected chi connectivity index (χ1v) is 25.3. The van der Waals surface area contributed by atoms with Crippen molar-refractivity contribution in [3.63, 3.8) is 0 Å². The average molecular weight is 892 g/mol. The zero-order valence-corrected chi connectivity index (χ0v) is 38.9. The molecule has 0 aromatic rings. The van der Waals surface area contributed by atoms with Crippen molar-refractivity contribution in [3.8, 4) is 0 Å². The first-order chi connectivity index (χ1) is 30.1. The molecule has 9 N–H and O–H groups in total. The molecule has 2 aliphatic heterocycles. The van der Waals surface area contributed by atoms with Crippen LogP contribution in [0.2, 0.25) is 0 Å². The minimum atomic E-state index is -1.78. The lowest BCUT2D eigenvalue weighted by molar-refractivity contribution is -0.359. The number of carbonyl (C=O) groups excluding carboxylic acids is 1. The standard InChI is InChI=1S/C48H93NO13/c1-3-5-7-9-11-13-15-17-18-19-20-22-24-26-28-30-32-40(53)49-36(37(52)31-29-27-25-23-21-16-14-12-10-8-6-4-2)35-59-47-45(58)43(56)46(39(34-51)61-47)62-48-44(57)42(55)41(54)38(33-50)60-48/h36-39,41-48,50-52,54-58H,3-35H2,1-2H3,(H,49,53). The lowest BCUT2D eigenvalue weighted by Gasteiger charge is -2.46. The first kappa shape index (κ1) is 57.1. The van der Waals surface area contributed by atoms with E-state index in [1.54, 1.807) is 0 Å². The van der Waals surface area contributed by atoms with E-state index in [2.05, 4.69) is 19.2 Å². The van der Waals surface area contributed by atoms with E-state index >= 15 is 0 Å². The Labute approximate surface area is 374 Å². The molecule has 2 heterocycles. The van der Waals surface area contributed by atoms with Crippen molar-refractivity contribution < 1.29 is 64.6 Å². The van der Waals surface area contributed by atoms with Crippen LogP contribution in [0.4, 0.5) is 0 Å². The van der Waals surface area contributed by atoms with Crippen LogP contribution >= 0.6 is 0 Å². The van der Waals surface area contributed by atoms with Crippen molar-refractivity contribution in [2.75, 3.05) is 19.8 Å². The Balaban J connectivity index is 1.83. The molecule has 12 atom stereocenters. The minimum Gasteiger partial charge on any atom is -0.394 e. The monoisotopic (exact) mass is 892 g/mol. The highest BCUT2D eigenvalue weighted by molar-refractivity contribution is 5.76. The molecule has 0 aromatic heterocycles. The lowest BCUT2D eigenvalue weighted by Crippen LogP contribution is -2.65. The van der Waals surface area contributed by atoms with E-state index in [1.807, 2.05) is 0 Å². The Bertz CT molecular complexity index is 1060. The predicted molar refractivity (Wildman–Crippen MR) is 240 cm³/mol. The minimum absolute atomic E-state index is 0.205. The van der Waals surface area contributed by atoms with Crippen LogP contribution in [0.1, 0.15) is 206 Å². The number of ether oxygens (including phenoxy) is 4. The smallest absolute Gasteiger partial charge is 0.220 e. The summed E-state index contributed by atoms with van der Waals surface area (Å²) in [7, 11) is 0. The number of hydrogen-bond donors (Lipinski definition) is 9. The fraction of sp³-hybridized carbons (Fsp3) is 0.979. The van der Waals surface area contributed by atoms with Gasteiger partial charge in [0, 0.05) is 6.42 Å². The molecule has 2 rings (SSSR count). The van der Waals surface area contributed by atoms with Gasteiger partial charge in [0.15, 0.2) is 12.6 Å². The third kappa shape index (κ3) is 23.4. The van der Waals surface area contributed by atoms with E-state index in [0.717, 1.165) is 51.4 Å². The number of hydrogen-bond acceptors (Lipinski definition) is 13. The van der Waals surface area contributed by atoms with Gasteiger partial charge in [0.1, 0.15) is 48.8 Å². The van der Waals surface area contributed by atoms with E-state index in [0.29, 0.717) is 12.8 Å². The van der Waals surface area contributed by atoms with Crippen LogP contribution in [0.15, 0.2) is 0 Å². The summed E-state index contributed by atoms with van der Waals surface area (Å²) >= 11 is 0. The Morgan fingerprint density at radius 1 is 0.516 bits per heavy atom. The number of amides is 1. The third-order valence-electron chi connectivity index (χ3n) is 12.8. The van der Waals surface area contributed by atoms with E-state index in [1.165, 1.54) is 128 Å². The first-order valence-electron chi connectivity index (χ1n) is 25.3. The molecule has 62 heavy (non-hydrogen) atoms. The van der Waals surface area contributed by atoms with Crippen LogP contribution in [-0.4, -0.2) is 140 Å². The van der Waals surface area contributed by atoms with Gasteiger partial charge in [0.25, 0.3) is 0 Å². The molecular weight excluding hydrogens is 799 g/mol. The summed E-state index contributed by atoms with van der Waals surface area (Å²) in [5.74, 6) is -0.205. The van der Waals surface area contributed by atoms with Crippen LogP contribution in [0, 0.1) is 0 Å². The number of carbonyl (C=O) groups is 1. The summed E-state index contributed by atoms with van der Waals surface area (Å²) < 4.78 is 22.7. The molecule has 12 unspecified atom stereocenters. The van der Waals surface area contributed by atoms with E-state index in [-0.39, 0.29) is 12.5 Å². The Hall–Kier alpha value is -1.01. The number of rotatable bonds is 39. The average Bonchev–Trinajstić information content (AvgIpc) is 3.27. The zero-order valence-electron chi connectivity index (χ0n) is 38.9. The molecule has 1 amide bonds. The highest BCUT2D eigenvalue weighted by Crippen LogP contribution is 2.30. The fourth-order valence-electron chi connectivity index (χ4n) is 8.65. The maximum absolute atomic E-state index is 13.2. The fourth-order valence-corrected chi connectivity index (χ4v) is 8.65. The van der Waals surface area contributed by atoms with Crippen molar-refractivity contribution in [2.24, 2.45) is 0 Å². The highest BCUT2D eigenvalue weighted by Gasteiger charge is 2.51. The Kier molecular flexibility index (Phi) is 33.3. The lowest BCUT2D eigenvalue weighted by atomic mass is 9.97. The maximum Gasteiger partial charge on any atom is 0.220 e. The second kappa shape index (κ2) is 36.2. The van der Waals surface area contributed by atoms with Crippen molar-refractivity contribution in [2.45, 2.75) is 280 Å². The zero-order chi connectivity index (χ0) is 45.4. The van der Waals surface area contributed by atoms with Gasteiger partial charge in [-0.25, -0.2) is 0 Å². The summed E-state index contributed by atoms with van der Waals surface area (Å²) in [6.45, 7) is 2.85. The van der Waals surface area contributed by atoms with Crippen LogP contribution in [-0.2, 0) is 23.7 Å². The van der Waals surface area contributed by atoms with Gasteiger partial charge in [-0.3, -0.25) is 4.79 Å². The Morgan fingerprint density at radius 3 is 1.37 bits per heavy atom. The molecule has 368 valence electrons. The van der Waals surface area contributed by atoms with Gasteiger partial charge in [-0.1, -0.05) is 187 Å². The molecule has 0 radical (unpaired) electrons. The molecular formula is C48H93NO13. The highest BCUT2D eigenvalue weighted by atomic mass is 16.7. The normalized spacial score (nSPS) is 27.6. The maximum atomic E-state index is 13.2. The van der Waals surface area contributed by atoms with Crippen molar-refractivity contribution in [1.29, 1.82) is 0 Å². The summed E-state index contributed by atoms with van der Waals surface area (Å²) in [6.07, 6.45) is 18.2. The Morgan fingerprint density at radius 2 is 0.919 bits per heavy atom. The third-order valence-corrected chi connectivity index (χ3v) is 12.8. The largest absolute Gasteiger partial charge is 0.394 e. The molecule has 2 saturated heterocycles. The molecule has 0 saturated carbocycles. The summed E-state index contributed by atoms with van der Waals surface area (Å²) in [5, 5.41) is 86.8. The van der Waals surface area contributed by atoms with Gasteiger partial charge in [-0.15, -0.1) is 0 Å². The van der Waals surface area contributed by atoms with Crippen LogP contribution in [0.3, 0.4) is 0 Å². The van der Waals surface area contributed by atoms with Gasteiger partial charge in [-0.05, 0) is 12.8 Å². The predicted octanol–water partition coefficient (Wildman–Crippen LogP) is 6.22. The van der Waals surface area contributed by atoms with Gasteiger partial charge >= 0.3 is 0 Å². The molecule has 14 heteroatoms. The summed E-state index contributed by atoms with van der Waals surface area (Å²) in [4.78, 5) is 13.2. The van der Waals surface area contributed by atoms with Crippen LogP contribution in [0.5, 0.6) is 0 Å². The number of aliphatic hydroxyl groups is 8. The number of nitrogens with one attached hydrogen (secondary N) is 1. The van der Waals surface area contributed by atoms with Gasteiger partial charge in [0.2, 0.25) is 5.91 Å². The molecule has 2 aliphatic rings. The summed E-state index contributed by atoms with van der Waals surface area (Å²) in [5.41, 5.74) is 0. The quantitative estimate of drug-likeness (QED) is 0.0313. The van der Waals surface area contributed by atoms with Crippen LogP contribution in [0.25, 0.3) is 0 Å². The molecule has 0 aliphatic carbocycles. The van der Waals surface area contributed by atoms with Gasteiger partial charge in [0.05, 0.1) is 32.0 Å². The van der Waals surface area contributed by atoms with Gasteiger partial charge in [-0.2, -0.15) is 0 Å². The summed E-state index contributed by atoms with van der Waals surface area (Å²) in [6, 6.07) is -0.820. The second-order valence-corrected chi connectivity index (χ2v) is 18.3. The number of unbranched alkanes of at least 4 members (excludes halogenated alkanes) is 26. The second-order valence-electron chi connectivity index (χ2n) is 18.3.